The third-order valence-electron chi connectivity index (χ3n) is 2.17. The Hall–Kier alpha value is -1.65. The summed E-state index contributed by atoms with van der Waals surface area (Å²) in [7, 11) is 0. The van der Waals surface area contributed by atoms with Crippen LogP contribution in [0.2, 0.25) is 0 Å². The number of rotatable bonds is 0. The molecule has 13 heavy (non-hydrogen) atoms. The molecule has 0 fully saturated rings. The van der Waals surface area contributed by atoms with E-state index in [0.717, 1.165) is 17.7 Å². The lowest BCUT2D eigenvalue weighted by atomic mass is 10.1. The highest BCUT2D eigenvalue weighted by atomic mass is 16.2. The summed E-state index contributed by atoms with van der Waals surface area (Å²) < 4.78 is 0. The van der Waals surface area contributed by atoms with Gasteiger partial charge in [-0.15, -0.1) is 0 Å². The molecule has 5 nitrogen and oxygen atoms in total. The minimum absolute atomic E-state index is 0.380. The van der Waals surface area contributed by atoms with E-state index in [2.05, 4.69) is 9.97 Å². The van der Waals surface area contributed by atoms with Crippen molar-refractivity contribution in [1.82, 2.24) is 14.9 Å². The van der Waals surface area contributed by atoms with Gasteiger partial charge in [-0.1, -0.05) is 0 Å². The van der Waals surface area contributed by atoms with Gasteiger partial charge < -0.3 is 10.6 Å². The molecule has 0 radical (unpaired) electrons. The summed E-state index contributed by atoms with van der Waals surface area (Å²) >= 11 is 0. The van der Waals surface area contributed by atoms with Crippen LogP contribution in [0.1, 0.15) is 11.3 Å². The van der Waals surface area contributed by atoms with Gasteiger partial charge in [0.05, 0.1) is 12.2 Å². The fourth-order valence-corrected chi connectivity index (χ4v) is 1.45. The molecule has 1 aliphatic rings. The van der Waals surface area contributed by atoms with E-state index in [9.17, 15) is 4.79 Å². The lowest BCUT2D eigenvalue weighted by Gasteiger charge is -2.25. The number of fused-ring (bicyclic) bond motifs is 1. The van der Waals surface area contributed by atoms with Crippen LogP contribution in [0.4, 0.5) is 4.79 Å². The van der Waals surface area contributed by atoms with E-state index in [1.165, 1.54) is 6.33 Å². The first kappa shape index (κ1) is 7.97. The number of urea groups is 1. The largest absolute Gasteiger partial charge is 0.351 e. The molecule has 0 atom stereocenters. The van der Waals surface area contributed by atoms with Gasteiger partial charge in [0.15, 0.2) is 0 Å². The van der Waals surface area contributed by atoms with E-state index in [-0.39, 0.29) is 6.03 Å². The number of carbonyl (C=O) groups is 1. The maximum Gasteiger partial charge on any atom is 0.315 e. The van der Waals surface area contributed by atoms with E-state index >= 15 is 0 Å². The molecule has 0 saturated heterocycles. The lowest BCUT2D eigenvalue weighted by molar-refractivity contribution is 0.201. The smallest absolute Gasteiger partial charge is 0.315 e. The molecule has 2 amide bonds. The van der Waals surface area contributed by atoms with Crippen molar-refractivity contribution >= 4 is 6.03 Å². The molecular formula is C8H10N4O. The van der Waals surface area contributed by atoms with Crippen molar-refractivity contribution in [3.8, 4) is 0 Å². The van der Waals surface area contributed by atoms with Crippen molar-refractivity contribution in [3.05, 3.63) is 23.8 Å². The molecule has 68 valence electrons. The highest BCUT2D eigenvalue weighted by molar-refractivity contribution is 5.72. The second kappa shape index (κ2) is 3.01. The zero-order chi connectivity index (χ0) is 9.26. The average Bonchev–Trinajstić information content (AvgIpc) is 2.17. The van der Waals surface area contributed by atoms with E-state index < -0.39 is 0 Å². The van der Waals surface area contributed by atoms with Gasteiger partial charge >= 0.3 is 6.03 Å². The van der Waals surface area contributed by atoms with Crippen LogP contribution in [0, 0.1) is 0 Å². The standard InChI is InChI=1S/C8H10N4O/c9-8(13)12-2-1-7-6(4-12)3-10-5-11-7/h3,5H,1-2,4H2,(H2,9,13). The van der Waals surface area contributed by atoms with Gasteiger partial charge in [0.2, 0.25) is 0 Å². The van der Waals surface area contributed by atoms with Crippen LogP contribution in [-0.4, -0.2) is 27.4 Å². The maximum absolute atomic E-state index is 10.9. The Morgan fingerprint density at radius 2 is 2.46 bits per heavy atom. The van der Waals surface area contributed by atoms with Gasteiger partial charge in [-0.3, -0.25) is 0 Å². The number of hydrogen-bond donors (Lipinski definition) is 1. The zero-order valence-corrected chi connectivity index (χ0v) is 7.10. The number of nitrogens with zero attached hydrogens (tertiary/aromatic N) is 3. The Morgan fingerprint density at radius 3 is 3.23 bits per heavy atom. The van der Waals surface area contributed by atoms with Gasteiger partial charge in [-0.2, -0.15) is 0 Å². The Kier molecular flexibility index (Phi) is 1.84. The molecule has 0 unspecified atom stereocenters. The predicted octanol–water partition coefficient (Wildman–Crippen LogP) is -0.0866. The van der Waals surface area contributed by atoms with Crippen molar-refractivity contribution in [3.63, 3.8) is 0 Å². The van der Waals surface area contributed by atoms with Crippen molar-refractivity contribution in [2.45, 2.75) is 13.0 Å². The van der Waals surface area contributed by atoms with E-state index in [1.807, 2.05) is 0 Å². The SMILES string of the molecule is NC(=O)N1CCc2ncncc2C1. The number of primary amides is 1. The second-order valence-corrected chi connectivity index (χ2v) is 3.00. The molecule has 2 rings (SSSR count). The molecular weight excluding hydrogens is 168 g/mol. The molecule has 0 spiro atoms. The zero-order valence-electron chi connectivity index (χ0n) is 7.10. The Labute approximate surface area is 75.6 Å². The molecule has 5 heteroatoms. The fraction of sp³-hybridized carbons (Fsp3) is 0.375. The first-order valence-electron chi connectivity index (χ1n) is 4.09. The van der Waals surface area contributed by atoms with Gasteiger partial charge in [0.25, 0.3) is 0 Å². The van der Waals surface area contributed by atoms with Gasteiger partial charge in [-0.05, 0) is 0 Å². The van der Waals surface area contributed by atoms with Crippen molar-refractivity contribution in [2.24, 2.45) is 5.73 Å². The second-order valence-electron chi connectivity index (χ2n) is 3.00. The number of nitrogens with two attached hydrogens (primary N) is 1. The lowest BCUT2D eigenvalue weighted by Crippen LogP contribution is -2.39. The molecule has 0 saturated carbocycles. The quantitative estimate of drug-likeness (QED) is 0.603. The first-order chi connectivity index (χ1) is 6.27. The van der Waals surface area contributed by atoms with Crippen LogP contribution in [0.15, 0.2) is 12.5 Å². The van der Waals surface area contributed by atoms with E-state index in [4.69, 9.17) is 5.73 Å². The summed E-state index contributed by atoms with van der Waals surface area (Å²) in [5.41, 5.74) is 7.18. The van der Waals surface area contributed by atoms with Crippen molar-refractivity contribution in [2.75, 3.05) is 6.54 Å². The van der Waals surface area contributed by atoms with Crippen LogP contribution >= 0.6 is 0 Å². The number of hydrogen-bond acceptors (Lipinski definition) is 3. The Bertz CT molecular complexity index is 339. The van der Waals surface area contributed by atoms with Crippen LogP contribution in [0.5, 0.6) is 0 Å². The number of carbonyl (C=O) groups excluding carboxylic acids is 1. The monoisotopic (exact) mass is 178 g/mol. The minimum atomic E-state index is -0.380. The molecule has 0 aliphatic carbocycles. The minimum Gasteiger partial charge on any atom is -0.351 e. The van der Waals surface area contributed by atoms with E-state index in [1.54, 1.807) is 11.1 Å². The Balaban J connectivity index is 2.24. The van der Waals surface area contributed by atoms with Crippen LogP contribution in [0.25, 0.3) is 0 Å². The molecule has 2 heterocycles. The molecule has 2 N–H and O–H groups in total. The molecule has 1 aromatic rings. The average molecular weight is 178 g/mol. The molecule has 1 aliphatic heterocycles. The third-order valence-corrected chi connectivity index (χ3v) is 2.17. The van der Waals surface area contributed by atoms with Gasteiger partial charge in [0.1, 0.15) is 6.33 Å². The predicted molar refractivity (Wildman–Crippen MR) is 45.7 cm³/mol. The van der Waals surface area contributed by atoms with Crippen molar-refractivity contribution < 1.29 is 4.79 Å². The highest BCUT2D eigenvalue weighted by Crippen LogP contribution is 2.14. The summed E-state index contributed by atoms with van der Waals surface area (Å²) in [6, 6.07) is -0.380. The third kappa shape index (κ3) is 1.44. The first-order valence-corrected chi connectivity index (χ1v) is 4.09. The normalized spacial score (nSPS) is 15.2. The van der Waals surface area contributed by atoms with Crippen molar-refractivity contribution in [1.29, 1.82) is 0 Å². The summed E-state index contributed by atoms with van der Waals surface area (Å²) in [5, 5.41) is 0. The van der Waals surface area contributed by atoms with Gasteiger partial charge in [-0.25, -0.2) is 14.8 Å². The van der Waals surface area contributed by atoms with Crippen LogP contribution in [0.3, 0.4) is 0 Å². The maximum atomic E-state index is 10.9. The Morgan fingerprint density at radius 1 is 1.62 bits per heavy atom. The van der Waals surface area contributed by atoms with Gasteiger partial charge in [0, 0.05) is 24.7 Å². The summed E-state index contributed by atoms with van der Waals surface area (Å²) in [6.07, 6.45) is 4.02. The topological polar surface area (TPSA) is 72.1 Å². The van der Waals surface area contributed by atoms with Crippen LogP contribution in [-0.2, 0) is 13.0 Å². The number of amides is 2. The van der Waals surface area contributed by atoms with Crippen LogP contribution < -0.4 is 5.73 Å². The number of aromatic nitrogens is 2. The molecule has 1 aromatic heterocycles. The molecule has 0 bridgehead atoms. The summed E-state index contributed by atoms with van der Waals surface area (Å²) in [6.45, 7) is 1.19. The summed E-state index contributed by atoms with van der Waals surface area (Å²) in [5.74, 6) is 0. The van der Waals surface area contributed by atoms with E-state index in [0.29, 0.717) is 13.1 Å². The fourth-order valence-electron chi connectivity index (χ4n) is 1.45. The summed E-state index contributed by atoms with van der Waals surface area (Å²) in [4.78, 5) is 20.5. The highest BCUT2D eigenvalue weighted by Gasteiger charge is 2.18. The molecule has 0 aromatic carbocycles.